The van der Waals surface area contributed by atoms with E-state index in [9.17, 15) is 24.0 Å². The van der Waals surface area contributed by atoms with Crippen LogP contribution in [0.15, 0.2) is 59.6 Å². The molecule has 0 aromatic heterocycles. The molecule has 14 heteroatoms. The molecule has 3 N–H and O–H groups in total. The first kappa shape index (κ1) is 37.8. The summed E-state index contributed by atoms with van der Waals surface area (Å²) in [5.41, 5.74) is 4.70. The molecular weight excluding hydrogens is 690 g/mol. The van der Waals surface area contributed by atoms with Crippen LogP contribution in [0.5, 0.6) is 11.5 Å². The normalized spacial score (nSPS) is 15.3. The van der Waals surface area contributed by atoms with Crippen LogP contribution in [0.3, 0.4) is 0 Å². The molecule has 5 rings (SSSR count). The summed E-state index contributed by atoms with van der Waals surface area (Å²) in [7, 11) is 2.80. The second kappa shape index (κ2) is 17.2. The van der Waals surface area contributed by atoms with Crippen molar-refractivity contribution in [3.63, 3.8) is 0 Å². The Hall–Kier alpha value is -5.43. The maximum Gasteiger partial charge on any atom is 0.305 e. The number of nitrogens with zero attached hydrogens (tertiary/aromatic N) is 2. The number of esters is 1. The van der Waals surface area contributed by atoms with E-state index in [1.54, 1.807) is 35.4 Å². The van der Waals surface area contributed by atoms with Gasteiger partial charge in [-0.2, -0.15) is 0 Å². The summed E-state index contributed by atoms with van der Waals surface area (Å²) in [6, 6.07) is 14.5. The number of halogens is 1. The van der Waals surface area contributed by atoms with Gasteiger partial charge in [-0.15, -0.1) is 11.6 Å². The standard InChI is InChI=1S/C38H42ClN5O8/c1-22(41-34(45)11-7-8-12-35(46)51-4)36(47)42-23(2)37(48)43-27-14-24(19-39)13-25(15-27)21-52-33-18-30-29(17-32(33)50-3)38(49)44-28(20-40-30)16-26-9-5-6-10-31(26)44/h5-6,9-10,13-15,17-18,20,22-23,28H,7-8,11-12,16,19,21H2,1-4H3,(H,41,45)(H,42,47)(H,43,48)/t22?,23?,28-/m0/s1. The van der Waals surface area contributed by atoms with E-state index >= 15 is 0 Å². The van der Waals surface area contributed by atoms with Gasteiger partial charge in [-0.1, -0.05) is 24.3 Å². The molecule has 0 aliphatic carbocycles. The number of aliphatic imine (C=N–C) groups is 1. The van der Waals surface area contributed by atoms with Crippen molar-refractivity contribution >= 4 is 64.5 Å². The maximum absolute atomic E-state index is 13.7. The van der Waals surface area contributed by atoms with Crippen molar-refractivity contribution in [2.75, 3.05) is 24.4 Å². The number of hydrogen-bond acceptors (Lipinski definition) is 9. The van der Waals surface area contributed by atoms with E-state index in [0.717, 1.165) is 16.8 Å². The van der Waals surface area contributed by atoms with Crippen molar-refractivity contribution < 1.29 is 38.2 Å². The molecular formula is C38H42ClN5O8. The van der Waals surface area contributed by atoms with Gasteiger partial charge in [-0.05, 0) is 67.6 Å². The number of methoxy groups -OCH3 is 2. The number of rotatable bonds is 15. The summed E-state index contributed by atoms with van der Waals surface area (Å²) in [6.45, 7) is 3.13. The van der Waals surface area contributed by atoms with Crippen LogP contribution in [-0.4, -0.2) is 68.2 Å². The van der Waals surface area contributed by atoms with E-state index in [1.807, 2.05) is 30.3 Å². The number of benzene rings is 3. The topological polar surface area (TPSA) is 165 Å². The van der Waals surface area contributed by atoms with Crippen molar-refractivity contribution in [1.82, 2.24) is 10.6 Å². The molecule has 2 aliphatic rings. The molecule has 274 valence electrons. The third kappa shape index (κ3) is 9.07. The van der Waals surface area contributed by atoms with E-state index in [2.05, 4.69) is 25.7 Å². The largest absolute Gasteiger partial charge is 0.493 e. The lowest BCUT2D eigenvalue weighted by Crippen LogP contribution is -2.50. The van der Waals surface area contributed by atoms with Gasteiger partial charge in [0.15, 0.2) is 11.5 Å². The number of para-hydroxylation sites is 1. The van der Waals surface area contributed by atoms with Gasteiger partial charge < -0.3 is 30.2 Å². The summed E-state index contributed by atoms with van der Waals surface area (Å²) in [6.07, 6.45) is 3.79. The predicted molar refractivity (Wildman–Crippen MR) is 197 cm³/mol. The van der Waals surface area contributed by atoms with Crippen LogP contribution in [0.2, 0.25) is 0 Å². The smallest absolute Gasteiger partial charge is 0.305 e. The molecule has 0 saturated heterocycles. The Morgan fingerprint density at radius 1 is 0.923 bits per heavy atom. The van der Waals surface area contributed by atoms with Crippen LogP contribution < -0.4 is 30.3 Å². The van der Waals surface area contributed by atoms with Crippen LogP contribution in [0.25, 0.3) is 0 Å². The highest BCUT2D eigenvalue weighted by atomic mass is 35.5. The van der Waals surface area contributed by atoms with Crippen LogP contribution >= 0.6 is 11.6 Å². The molecule has 0 saturated carbocycles. The van der Waals surface area contributed by atoms with Crippen LogP contribution in [0, 0.1) is 0 Å². The second-order valence-corrected chi connectivity index (χ2v) is 12.9. The quantitative estimate of drug-likeness (QED) is 0.112. The molecule has 13 nitrogen and oxygen atoms in total. The SMILES string of the molecule is COC(=O)CCCCC(=O)NC(C)C(=O)NC(C)C(=O)Nc1cc(CCl)cc(COc2cc3c(cc2OC)C(=O)N2c4ccccc4C[C@H]2C=N3)c1. The Bertz CT molecular complexity index is 1880. The molecule has 0 bridgehead atoms. The summed E-state index contributed by atoms with van der Waals surface area (Å²) < 4.78 is 16.4. The lowest BCUT2D eigenvalue weighted by molar-refractivity contribution is -0.140. The lowest BCUT2D eigenvalue weighted by Gasteiger charge is -2.22. The first-order chi connectivity index (χ1) is 25.0. The Morgan fingerprint density at radius 3 is 2.40 bits per heavy atom. The number of nitrogens with one attached hydrogen (secondary N) is 3. The minimum Gasteiger partial charge on any atom is -0.493 e. The molecule has 2 aliphatic heterocycles. The van der Waals surface area contributed by atoms with Crippen LogP contribution in [0.4, 0.5) is 17.1 Å². The molecule has 0 fully saturated rings. The van der Waals surface area contributed by atoms with E-state index in [0.29, 0.717) is 53.3 Å². The van der Waals surface area contributed by atoms with Gasteiger partial charge in [0.05, 0.1) is 31.5 Å². The van der Waals surface area contributed by atoms with Gasteiger partial charge in [0.2, 0.25) is 17.7 Å². The maximum atomic E-state index is 13.7. The highest BCUT2D eigenvalue weighted by molar-refractivity contribution is 6.17. The minimum atomic E-state index is -0.928. The highest BCUT2D eigenvalue weighted by Crippen LogP contribution is 2.41. The zero-order chi connectivity index (χ0) is 37.4. The average Bonchev–Trinajstić information content (AvgIpc) is 3.46. The molecule has 2 unspecified atom stereocenters. The third-order valence-electron chi connectivity index (χ3n) is 8.78. The number of carbonyl (C=O) groups excluding carboxylic acids is 5. The van der Waals surface area contributed by atoms with Gasteiger partial charge in [-0.3, -0.25) is 33.9 Å². The lowest BCUT2D eigenvalue weighted by atomic mass is 10.1. The Balaban J connectivity index is 1.19. The average molecular weight is 732 g/mol. The van der Waals surface area contributed by atoms with E-state index in [-0.39, 0.29) is 49.2 Å². The van der Waals surface area contributed by atoms with Crippen LogP contribution in [0.1, 0.15) is 66.6 Å². The van der Waals surface area contributed by atoms with Crippen molar-refractivity contribution in [3.8, 4) is 11.5 Å². The number of amides is 4. The summed E-state index contributed by atoms with van der Waals surface area (Å²) in [5.74, 6) is -0.944. The number of ether oxygens (including phenoxy) is 3. The fraction of sp³-hybridized carbons (Fsp3) is 0.368. The fourth-order valence-electron chi connectivity index (χ4n) is 6.04. The van der Waals surface area contributed by atoms with Crippen molar-refractivity contribution in [3.05, 3.63) is 76.9 Å². The fourth-order valence-corrected chi connectivity index (χ4v) is 6.19. The molecule has 3 aromatic carbocycles. The third-order valence-corrected chi connectivity index (χ3v) is 9.09. The second-order valence-electron chi connectivity index (χ2n) is 12.6. The van der Waals surface area contributed by atoms with Crippen molar-refractivity contribution in [1.29, 1.82) is 0 Å². The van der Waals surface area contributed by atoms with Gasteiger partial charge in [0.1, 0.15) is 18.7 Å². The summed E-state index contributed by atoms with van der Waals surface area (Å²) >= 11 is 6.18. The predicted octanol–water partition coefficient (Wildman–Crippen LogP) is 4.98. The number of alkyl halides is 1. The molecule has 3 atom stereocenters. The Morgan fingerprint density at radius 2 is 1.65 bits per heavy atom. The summed E-state index contributed by atoms with van der Waals surface area (Å²) in [5, 5.41) is 8.03. The van der Waals surface area contributed by atoms with Crippen LogP contribution in [-0.2, 0) is 42.8 Å². The number of hydrogen-bond donors (Lipinski definition) is 3. The van der Waals surface area contributed by atoms with Crippen molar-refractivity contribution in [2.45, 2.75) is 76.6 Å². The Labute approximate surface area is 307 Å². The number of anilines is 2. The molecule has 0 spiro atoms. The summed E-state index contributed by atoms with van der Waals surface area (Å²) in [4.78, 5) is 69.4. The van der Waals surface area contributed by atoms with E-state index in [4.69, 9.17) is 21.1 Å². The van der Waals surface area contributed by atoms with Gasteiger partial charge in [0.25, 0.3) is 5.91 Å². The van der Waals surface area contributed by atoms with Crippen molar-refractivity contribution in [2.24, 2.45) is 4.99 Å². The number of fused-ring (bicyclic) bond motifs is 4. The van der Waals surface area contributed by atoms with Gasteiger partial charge in [0, 0.05) is 48.8 Å². The molecule has 3 aromatic rings. The van der Waals surface area contributed by atoms with E-state index < -0.39 is 23.9 Å². The van der Waals surface area contributed by atoms with Gasteiger partial charge >= 0.3 is 5.97 Å². The highest BCUT2D eigenvalue weighted by Gasteiger charge is 2.36. The molecule has 52 heavy (non-hydrogen) atoms. The Kier molecular flexibility index (Phi) is 12.5. The number of carbonyl (C=O) groups is 5. The number of unbranched alkanes of at least 4 members (excludes halogenated alkanes) is 1. The van der Waals surface area contributed by atoms with Gasteiger partial charge in [-0.25, -0.2) is 0 Å². The zero-order valence-electron chi connectivity index (χ0n) is 29.5. The minimum absolute atomic E-state index is 0.0781. The zero-order valence-corrected chi connectivity index (χ0v) is 30.2. The molecule has 0 radical (unpaired) electrons. The first-order valence-electron chi connectivity index (χ1n) is 17.0. The van der Waals surface area contributed by atoms with E-state index in [1.165, 1.54) is 28.1 Å². The monoisotopic (exact) mass is 731 g/mol. The molecule has 2 heterocycles. The molecule has 4 amide bonds. The first-order valence-corrected chi connectivity index (χ1v) is 17.5.